The number of hydrogen-bond acceptors (Lipinski definition) is 2. The second kappa shape index (κ2) is 23.8. The number of aromatic nitrogens is 2. The average Bonchev–Trinajstić information content (AvgIpc) is 3.91. The number of H-pyrrole nitrogens is 1. The number of nitrogens with zero attached hydrogens (tertiary/aromatic N) is 3. The van der Waals surface area contributed by atoms with Crippen LogP contribution in [0.4, 0.5) is 0 Å². The third-order valence-electron chi connectivity index (χ3n) is 14.4. The summed E-state index contributed by atoms with van der Waals surface area (Å²) in [6.07, 6.45) is 19.7. The second-order valence-electron chi connectivity index (χ2n) is 20.6. The van der Waals surface area contributed by atoms with E-state index < -0.39 is 0 Å². The van der Waals surface area contributed by atoms with Crippen molar-refractivity contribution in [3.05, 3.63) is 237 Å². The molecule has 74 heavy (non-hydrogen) atoms. The van der Waals surface area contributed by atoms with Crippen molar-refractivity contribution in [3.63, 3.8) is 0 Å². The molecular formula is C70H74N4. The molecule has 1 unspecified atom stereocenters. The van der Waals surface area contributed by atoms with E-state index in [0.29, 0.717) is 17.8 Å². The fraction of sp³-hybridized carbons (Fsp3) is 0.229. The summed E-state index contributed by atoms with van der Waals surface area (Å²) in [7, 11) is 5.98. The van der Waals surface area contributed by atoms with E-state index >= 15 is 0 Å². The van der Waals surface area contributed by atoms with Gasteiger partial charge in [0, 0.05) is 71.1 Å². The van der Waals surface area contributed by atoms with Crippen molar-refractivity contribution in [2.45, 2.75) is 86.0 Å². The number of hydrogen-bond donors (Lipinski definition) is 1. The molecule has 0 radical (unpaired) electrons. The van der Waals surface area contributed by atoms with E-state index in [-0.39, 0.29) is 5.92 Å². The predicted octanol–water partition coefficient (Wildman–Crippen LogP) is 19.0. The number of rotatable bonds is 17. The van der Waals surface area contributed by atoms with Gasteiger partial charge in [-0.15, -0.1) is 0 Å². The fourth-order valence-electron chi connectivity index (χ4n) is 10.1. The van der Waals surface area contributed by atoms with Crippen molar-refractivity contribution in [2.24, 2.45) is 17.0 Å². The van der Waals surface area contributed by atoms with Crippen molar-refractivity contribution in [1.82, 2.24) is 9.55 Å². The highest BCUT2D eigenvalue weighted by molar-refractivity contribution is 6.13. The topological polar surface area (TPSA) is 45.4 Å². The molecule has 0 spiro atoms. The van der Waals surface area contributed by atoms with Gasteiger partial charge in [-0.25, -0.2) is 0 Å². The molecule has 6 aromatic carbocycles. The Hall–Kier alpha value is -7.82. The van der Waals surface area contributed by atoms with Crippen LogP contribution in [0.1, 0.15) is 131 Å². The van der Waals surface area contributed by atoms with Crippen molar-refractivity contribution < 1.29 is 0 Å². The van der Waals surface area contributed by atoms with Crippen molar-refractivity contribution in [3.8, 4) is 22.5 Å². The minimum Gasteiger partial charge on any atom is -0.354 e. The normalized spacial score (nSPS) is 14.0. The highest BCUT2D eigenvalue weighted by Gasteiger charge is 2.24. The SMILES string of the molecule is C/N=C(/C=C\C(C)=C\c1[nH]c(-c2ccc(C(C)C)cc2C(C)C(=C\c2ccccc2)/C(/C=C\C(C)=C\c2c3ccccc3c(-c3ccc(C(C)C)cc3C(C)C)n2C)=N\C)c2ccccc12)\C=C\c1ccccc1. The van der Waals surface area contributed by atoms with E-state index in [1.54, 1.807) is 0 Å². The van der Waals surface area contributed by atoms with Crippen LogP contribution in [0.15, 0.2) is 203 Å². The lowest BCUT2D eigenvalue weighted by atomic mass is 9.82. The maximum absolute atomic E-state index is 5.07. The molecule has 0 aliphatic heterocycles. The molecule has 4 nitrogen and oxygen atoms in total. The zero-order valence-corrected chi connectivity index (χ0v) is 45.7. The van der Waals surface area contributed by atoms with Gasteiger partial charge in [0.1, 0.15) is 0 Å². The summed E-state index contributed by atoms with van der Waals surface area (Å²) >= 11 is 0. The Morgan fingerprint density at radius 2 is 1.05 bits per heavy atom. The molecule has 1 N–H and O–H groups in total. The number of benzene rings is 6. The lowest BCUT2D eigenvalue weighted by molar-refractivity contribution is 0.831. The second-order valence-corrected chi connectivity index (χ2v) is 20.6. The van der Waals surface area contributed by atoms with E-state index in [0.717, 1.165) is 50.7 Å². The largest absolute Gasteiger partial charge is 0.354 e. The molecule has 8 rings (SSSR count). The summed E-state index contributed by atoms with van der Waals surface area (Å²) in [6.45, 7) is 20.4. The van der Waals surface area contributed by atoms with Gasteiger partial charge in [0.2, 0.25) is 0 Å². The van der Waals surface area contributed by atoms with E-state index in [1.807, 2.05) is 20.2 Å². The number of aromatic amines is 1. The van der Waals surface area contributed by atoms with Gasteiger partial charge in [0.25, 0.3) is 0 Å². The molecular weight excluding hydrogens is 897 g/mol. The van der Waals surface area contributed by atoms with E-state index in [1.165, 1.54) is 66.3 Å². The first-order valence-electron chi connectivity index (χ1n) is 26.4. The van der Waals surface area contributed by atoms with Gasteiger partial charge in [0.05, 0.1) is 22.8 Å². The Morgan fingerprint density at radius 1 is 0.500 bits per heavy atom. The van der Waals surface area contributed by atoms with Gasteiger partial charge >= 0.3 is 0 Å². The molecule has 0 saturated heterocycles. The first kappa shape index (κ1) is 52.5. The third-order valence-corrected chi connectivity index (χ3v) is 14.4. The monoisotopic (exact) mass is 971 g/mol. The Labute approximate surface area is 441 Å². The Kier molecular flexibility index (Phi) is 16.9. The van der Waals surface area contributed by atoms with Crippen LogP contribution < -0.4 is 0 Å². The number of allylic oxidation sites excluding steroid dienone is 8. The van der Waals surface area contributed by atoms with Crippen molar-refractivity contribution in [2.75, 3.05) is 14.1 Å². The summed E-state index contributed by atoms with van der Waals surface area (Å²) in [4.78, 5) is 13.6. The summed E-state index contributed by atoms with van der Waals surface area (Å²) in [5, 5.41) is 4.88. The zero-order chi connectivity index (χ0) is 52.5. The quantitative estimate of drug-likeness (QED) is 0.0698. The molecule has 0 aliphatic rings. The first-order chi connectivity index (χ1) is 35.8. The smallest absolute Gasteiger partial charge is 0.0609 e. The lowest BCUT2D eigenvalue weighted by Gasteiger charge is -2.22. The maximum atomic E-state index is 5.07. The Morgan fingerprint density at radius 3 is 1.68 bits per heavy atom. The Balaban J connectivity index is 1.18. The molecule has 4 heteroatoms. The number of fused-ring (bicyclic) bond motifs is 2. The van der Waals surface area contributed by atoms with Gasteiger partial charge in [-0.05, 0) is 118 Å². The van der Waals surface area contributed by atoms with Gasteiger partial charge in [0.15, 0.2) is 0 Å². The summed E-state index contributed by atoms with van der Waals surface area (Å²) in [5.74, 6) is 1.17. The van der Waals surface area contributed by atoms with Crippen LogP contribution in [0.2, 0.25) is 0 Å². The molecule has 8 aromatic rings. The Bertz CT molecular complexity index is 3520. The fourth-order valence-corrected chi connectivity index (χ4v) is 10.1. The van der Waals surface area contributed by atoms with E-state index in [9.17, 15) is 0 Å². The molecule has 2 heterocycles. The molecule has 0 aliphatic carbocycles. The molecule has 0 fully saturated rings. The summed E-state index contributed by atoms with van der Waals surface area (Å²) in [6, 6.07) is 52.7. The highest BCUT2D eigenvalue weighted by atomic mass is 15.0. The number of aliphatic imine (C=N–C) groups is 2. The van der Waals surface area contributed by atoms with Gasteiger partial charge in [-0.2, -0.15) is 0 Å². The van der Waals surface area contributed by atoms with Crippen LogP contribution in [0.25, 0.3) is 68.4 Å². The van der Waals surface area contributed by atoms with Crippen molar-refractivity contribution >= 4 is 57.3 Å². The van der Waals surface area contributed by atoms with Crippen LogP contribution in [-0.2, 0) is 7.05 Å². The third kappa shape index (κ3) is 11.8. The minimum absolute atomic E-state index is 0.0328. The van der Waals surface area contributed by atoms with Crippen LogP contribution in [-0.4, -0.2) is 35.1 Å². The standard InChI is InChI=1S/C70H74N4/c1-46(2)54-35-39-62(63(44-54)48(5)6)70-61-30-22-20-28-58(61)68(74(70)12)42-50(8)32-40-66(72-11)65(43-53-25-17-14-18-26-53)51(9)64-45-55(47(3)4)34-38-60(64)69-59-29-21-19-27-57(59)67(73-69)41-49(7)31-36-56(71-10)37-33-52-23-15-13-16-24-52/h13-48,51,73H,1-12H3/b36-31-,37-33+,40-32-,49-41+,50-42+,65-43+,71-56-,72-66-. The first-order valence-corrected chi connectivity index (χ1v) is 26.4. The van der Waals surface area contributed by atoms with Crippen LogP contribution >= 0.6 is 0 Å². The molecule has 374 valence electrons. The van der Waals surface area contributed by atoms with Gasteiger partial charge in [-0.3, -0.25) is 9.98 Å². The average molecular weight is 971 g/mol. The molecule has 1 atom stereocenters. The molecule has 0 saturated carbocycles. The molecule has 2 aromatic heterocycles. The molecule has 0 amide bonds. The minimum atomic E-state index is -0.0328. The molecule has 0 bridgehead atoms. The van der Waals surface area contributed by atoms with Crippen molar-refractivity contribution in [1.29, 1.82) is 0 Å². The maximum Gasteiger partial charge on any atom is 0.0609 e. The summed E-state index contributed by atoms with van der Waals surface area (Å²) < 4.78 is 2.39. The van der Waals surface area contributed by atoms with Crippen LogP contribution in [0, 0.1) is 0 Å². The number of nitrogens with one attached hydrogen (secondary N) is 1. The highest BCUT2D eigenvalue weighted by Crippen LogP contribution is 2.42. The van der Waals surface area contributed by atoms with Crippen LogP contribution in [0.3, 0.4) is 0 Å². The van der Waals surface area contributed by atoms with Crippen LogP contribution in [0.5, 0.6) is 0 Å². The zero-order valence-electron chi connectivity index (χ0n) is 45.7. The van der Waals surface area contributed by atoms with Gasteiger partial charge < -0.3 is 9.55 Å². The lowest BCUT2D eigenvalue weighted by Crippen LogP contribution is -2.10. The summed E-state index contributed by atoms with van der Waals surface area (Å²) in [5.41, 5.74) is 19.9. The van der Waals surface area contributed by atoms with E-state index in [2.05, 4.69) is 278 Å². The van der Waals surface area contributed by atoms with Gasteiger partial charge in [-0.1, -0.05) is 212 Å². The van der Waals surface area contributed by atoms with E-state index in [4.69, 9.17) is 4.99 Å². The predicted molar refractivity (Wildman–Crippen MR) is 325 cm³/mol.